The lowest BCUT2D eigenvalue weighted by Gasteiger charge is -2.40. The number of methoxy groups -OCH3 is 2. The van der Waals surface area contributed by atoms with Gasteiger partial charge < -0.3 is 24.2 Å². The number of ether oxygens (including phenoxy) is 3. The molecule has 0 saturated carbocycles. The Labute approximate surface area is 249 Å². The van der Waals surface area contributed by atoms with Gasteiger partial charge >= 0.3 is 5.97 Å². The van der Waals surface area contributed by atoms with Crippen LogP contribution in [0.3, 0.4) is 0 Å². The lowest BCUT2D eigenvalue weighted by atomic mass is 9.94. The quantitative estimate of drug-likeness (QED) is 0.293. The molecule has 2 N–H and O–H groups in total. The van der Waals surface area contributed by atoms with Crippen molar-refractivity contribution in [3.8, 4) is 17.6 Å². The highest BCUT2D eigenvalue weighted by Crippen LogP contribution is 2.33. The molecular weight excluding hydrogens is 576 g/mol. The Morgan fingerprint density at radius 3 is 2.37 bits per heavy atom. The first kappa shape index (κ1) is 31.3. The minimum atomic E-state index is -3.91. The molecule has 0 bridgehead atoms. The Kier molecular flexibility index (Phi) is 9.84. The fraction of sp³-hybridized carbons (Fsp3) is 0.333. The normalized spacial score (nSPS) is 13.1. The number of hydrogen-bond acceptors (Lipinski definition) is 10. The number of carbonyl (C=O) groups is 2. The minimum Gasteiger partial charge on any atom is -0.493 e. The van der Waals surface area contributed by atoms with Crippen LogP contribution in [0.2, 0.25) is 0 Å². The molecule has 1 amide bonds. The molecule has 12 nitrogen and oxygen atoms in total. The van der Waals surface area contributed by atoms with E-state index >= 15 is 0 Å². The van der Waals surface area contributed by atoms with Gasteiger partial charge in [-0.05, 0) is 35.2 Å². The summed E-state index contributed by atoms with van der Waals surface area (Å²) in [6.07, 6.45) is 0.248. The first-order chi connectivity index (χ1) is 20.6. The minimum absolute atomic E-state index is 0.0964. The van der Waals surface area contributed by atoms with Gasteiger partial charge in [0.05, 0.1) is 55.9 Å². The number of carboxylic acid groups (broad SMARTS) is 1. The number of nitrogens with zero attached hydrogens (tertiary/aromatic N) is 3. The Hall–Kier alpha value is -4.67. The summed E-state index contributed by atoms with van der Waals surface area (Å²) in [5, 5.41) is 20.0. The highest BCUT2D eigenvalue weighted by Gasteiger charge is 2.38. The maximum Gasteiger partial charge on any atom is 0.337 e. The van der Waals surface area contributed by atoms with Crippen molar-refractivity contribution in [1.82, 2.24) is 9.71 Å². The van der Waals surface area contributed by atoms with Crippen molar-refractivity contribution in [3.05, 3.63) is 82.0 Å². The average molecular weight is 609 g/mol. The number of amides is 1. The van der Waals surface area contributed by atoms with E-state index in [1.54, 1.807) is 60.4 Å². The number of rotatable bonds is 13. The van der Waals surface area contributed by atoms with Crippen LogP contribution >= 0.6 is 0 Å². The number of aromatic nitrogens is 1. The average Bonchev–Trinajstić information content (AvgIpc) is 2.95. The largest absolute Gasteiger partial charge is 0.493 e. The third-order valence-corrected chi connectivity index (χ3v) is 8.22. The van der Waals surface area contributed by atoms with E-state index in [0.717, 1.165) is 5.56 Å². The van der Waals surface area contributed by atoms with Gasteiger partial charge in [-0.25, -0.2) is 18.2 Å². The number of benzene rings is 2. The predicted molar refractivity (Wildman–Crippen MR) is 156 cm³/mol. The van der Waals surface area contributed by atoms with Gasteiger partial charge in [0.2, 0.25) is 15.9 Å². The summed E-state index contributed by atoms with van der Waals surface area (Å²) < 4.78 is 43.6. The zero-order valence-corrected chi connectivity index (χ0v) is 24.8. The van der Waals surface area contributed by atoms with Gasteiger partial charge in [0, 0.05) is 13.1 Å². The van der Waals surface area contributed by atoms with E-state index in [9.17, 15) is 28.4 Å². The van der Waals surface area contributed by atoms with Gasteiger partial charge in [0.25, 0.3) is 0 Å². The maximum atomic E-state index is 12.7. The standard InChI is InChI=1S/C30H32N4O8S/c1-4-22-23(13-31)28(34-14-21(15-34)29(35)33-43(38,39)18-19-8-6-5-7-9-19)32-24(27(22)30(36)37)17-42-16-20-10-11-25(40-2)26(12-20)41-3/h5-12,21H,4,14-18H2,1-3H3,(H,33,35)(H,36,37). The highest BCUT2D eigenvalue weighted by molar-refractivity contribution is 7.89. The summed E-state index contributed by atoms with van der Waals surface area (Å²) in [5.41, 5.74) is 1.75. The van der Waals surface area contributed by atoms with E-state index in [1.165, 1.54) is 14.2 Å². The molecule has 1 aliphatic rings. The zero-order valence-electron chi connectivity index (χ0n) is 24.0. The van der Waals surface area contributed by atoms with Crippen molar-refractivity contribution in [2.24, 2.45) is 5.92 Å². The molecule has 0 aliphatic carbocycles. The van der Waals surface area contributed by atoms with Gasteiger partial charge in [0.1, 0.15) is 11.9 Å². The number of anilines is 1. The Morgan fingerprint density at radius 1 is 1.07 bits per heavy atom. The van der Waals surface area contributed by atoms with Crippen molar-refractivity contribution in [1.29, 1.82) is 5.26 Å². The number of pyridine rings is 1. The van der Waals surface area contributed by atoms with E-state index in [-0.39, 0.29) is 61.1 Å². The lowest BCUT2D eigenvalue weighted by molar-refractivity contribution is -0.123. The summed E-state index contributed by atoms with van der Waals surface area (Å²) >= 11 is 0. The zero-order chi connectivity index (χ0) is 31.1. The monoisotopic (exact) mass is 608 g/mol. The molecule has 13 heteroatoms. The number of nitrogens with one attached hydrogen (secondary N) is 1. The van der Waals surface area contributed by atoms with Gasteiger partial charge in [-0.2, -0.15) is 5.26 Å². The van der Waals surface area contributed by atoms with Gasteiger partial charge in [-0.1, -0.05) is 43.3 Å². The second-order valence-corrected chi connectivity index (χ2v) is 11.6. The van der Waals surface area contributed by atoms with Crippen LogP contribution in [0.5, 0.6) is 11.5 Å². The third kappa shape index (κ3) is 7.22. The number of nitriles is 1. The predicted octanol–water partition coefficient (Wildman–Crippen LogP) is 3.03. The fourth-order valence-corrected chi connectivity index (χ4v) is 6.03. The molecular formula is C30H32N4O8S. The Morgan fingerprint density at radius 2 is 1.77 bits per heavy atom. The molecule has 0 spiro atoms. The molecule has 226 valence electrons. The van der Waals surface area contributed by atoms with Gasteiger partial charge in [0.15, 0.2) is 11.5 Å². The molecule has 2 heterocycles. The number of aromatic carboxylic acids is 1. The summed E-state index contributed by atoms with van der Waals surface area (Å²) in [6.45, 7) is 1.93. The Bertz CT molecular complexity index is 1650. The van der Waals surface area contributed by atoms with Crippen molar-refractivity contribution >= 4 is 27.7 Å². The Balaban J connectivity index is 1.50. The number of sulfonamides is 1. The number of carboxylic acids is 1. The topological polar surface area (TPSA) is 168 Å². The SMILES string of the molecule is CCc1c(C#N)c(N2CC(C(=O)NS(=O)(=O)Cc3ccccc3)C2)nc(COCc2ccc(OC)c(OC)c2)c1C(=O)O. The van der Waals surface area contributed by atoms with Crippen molar-refractivity contribution in [2.45, 2.75) is 32.3 Å². The molecule has 1 aromatic heterocycles. The van der Waals surface area contributed by atoms with Crippen LogP contribution in [-0.2, 0) is 44.9 Å². The second-order valence-electron chi connectivity index (χ2n) is 9.88. The second kappa shape index (κ2) is 13.5. The molecule has 0 radical (unpaired) electrons. The van der Waals surface area contributed by atoms with Crippen molar-refractivity contribution < 1.29 is 37.3 Å². The summed E-state index contributed by atoms with van der Waals surface area (Å²) in [5.74, 6) is -1.58. The molecule has 1 aliphatic heterocycles. The smallest absolute Gasteiger partial charge is 0.337 e. The highest BCUT2D eigenvalue weighted by atomic mass is 32.2. The first-order valence-electron chi connectivity index (χ1n) is 13.4. The molecule has 1 fully saturated rings. The lowest BCUT2D eigenvalue weighted by Crippen LogP contribution is -2.55. The summed E-state index contributed by atoms with van der Waals surface area (Å²) in [6, 6.07) is 15.9. The van der Waals surface area contributed by atoms with Crippen LogP contribution in [0.4, 0.5) is 5.82 Å². The number of carbonyl (C=O) groups excluding carboxylic acids is 1. The summed E-state index contributed by atoms with van der Waals surface area (Å²) in [4.78, 5) is 31.2. The van der Waals surface area contributed by atoms with E-state index < -0.39 is 27.8 Å². The van der Waals surface area contributed by atoms with Gasteiger partial charge in [-0.3, -0.25) is 9.52 Å². The first-order valence-corrected chi connectivity index (χ1v) is 15.1. The van der Waals surface area contributed by atoms with Crippen molar-refractivity contribution in [2.75, 3.05) is 32.2 Å². The van der Waals surface area contributed by atoms with Crippen LogP contribution in [-0.4, -0.2) is 57.7 Å². The molecule has 0 unspecified atom stereocenters. The molecule has 1 saturated heterocycles. The van der Waals surface area contributed by atoms with Crippen LogP contribution in [0.25, 0.3) is 0 Å². The van der Waals surface area contributed by atoms with Gasteiger partial charge in [-0.15, -0.1) is 0 Å². The van der Waals surface area contributed by atoms with E-state index in [0.29, 0.717) is 22.6 Å². The molecule has 0 atom stereocenters. The molecule has 3 aromatic rings. The maximum absolute atomic E-state index is 12.7. The van der Waals surface area contributed by atoms with E-state index in [4.69, 9.17) is 14.2 Å². The van der Waals surface area contributed by atoms with Crippen LogP contribution in [0.1, 0.15) is 45.2 Å². The molecule has 4 rings (SSSR count). The molecule has 2 aromatic carbocycles. The van der Waals surface area contributed by atoms with E-state index in [2.05, 4.69) is 15.8 Å². The summed E-state index contributed by atoms with van der Waals surface area (Å²) in [7, 11) is -0.860. The van der Waals surface area contributed by atoms with Crippen LogP contribution in [0, 0.1) is 17.2 Å². The van der Waals surface area contributed by atoms with Crippen molar-refractivity contribution in [3.63, 3.8) is 0 Å². The number of hydrogen-bond donors (Lipinski definition) is 2. The fourth-order valence-electron chi connectivity index (χ4n) is 4.85. The van der Waals surface area contributed by atoms with E-state index in [1.807, 2.05) is 0 Å². The molecule has 43 heavy (non-hydrogen) atoms. The van der Waals surface area contributed by atoms with Crippen LogP contribution < -0.4 is 19.1 Å². The third-order valence-electron chi connectivity index (χ3n) is 7.00. The van der Waals surface area contributed by atoms with Crippen LogP contribution in [0.15, 0.2) is 48.5 Å².